The summed E-state index contributed by atoms with van der Waals surface area (Å²) in [6.07, 6.45) is 8.38. The van der Waals surface area contributed by atoms with Crippen molar-refractivity contribution in [2.45, 2.75) is 45.4 Å². The van der Waals surface area contributed by atoms with Crippen molar-refractivity contribution >= 4 is 68.4 Å². The number of hydrogen-bond acceptors (Lipinski definition) is 6. The zero-order valence-corrected chi connectivity index (χ0v) is 21.9. The number of nitrogens with one attached hydrogen (secondary N) is 1. The molecule has 35 heavy (non-hydrogen) atoms. The highest BCUT2D eigenvalue weighted by Crippen LogP contribution is 2.38. The van der Waals surface area contributed by atoms with Crippen LogP contribution in [0.2, 0.25) is 0 Å². The molecule has 2 heterocycles. The molecule has 0 saturated carbocycles. The Bertz CT molecular complexity index is 1230. The molecule has 0 radical (unpaired) electrons. The molecule has 1 aromatic heterocycles. The van der Waals surface area contributed by atoms with Crippen molar-refractivity contribution < 1.29 is 14.4 Å². The van der Waals surface area contributed by atoms with E-state index in [1.54, 1.807) is 4.90 Å². The second kappa shape index (κ2) is 11.3. The van der Waals surface area contributed by atoms with Gasteiger partial charge in [0.05, 0.1) is 10.5 Å². The van der Waals surface area contributed by atoms with E-state index in [4.69, 9.17) is 18.0 Å². The van der Waals surface area contributed by atoms with Gasteiger partial charge >= 0.3 is 0 Å². The number of carbonyl (C=O) groups is 3. The molecule has 0 spiro atoms. The van der Waals surface area contributed by atoms with Gasteiger partial charge in [-0.1, -0.05) is 60.4 Å². The van der Waals surface area contributed by atoms with Crippen LogP contribution in [-0.2, 0) is 22.4 Å². The van der Waals surface area contributed by atoms with E-state index in [9.17, 15) is 14.4 Å². The van der Waals surface area contributed by atoms with Crippen LogP contribution in [0.4, 0.5) is 5.00 Å². The van der Waals surface area contributed by atoms with Crippen molar-refractivity contribution in [3.05, 3.63) is 68.5 Å². The third kappa shape index (κ3) is 6.09. The number of nitrogens with two attached hydrogens (primary N) is 1. The van der Waals surface area contributed by atoms with Gasteiger partial charge in [-0.2, -0.15) is 0 Å². The summed E-state index contributed by atoms with van der Waals surface area (Å²) < 4.78 is 0.496. The first kappa shape index (κ1) is 25.3. The summed E-state index contributed by atoms with van der Waals surface area (Å²) in [5.41, 5.74) is 9.08. The Morgan fingerprint density at radius 1 is 1.20 bits per heavy atom. The summed E-state index contributed by atoms with van der Waals surface area (Å²) in [4.78, 5) is 40.8. The molecule has 1 aromatic carbocycles. The van der Waals surface area contributed by atoms with Crippen molar-refractivity contribution in [2.24, 2.45) is 5.73 Å². The lowest BCUT2D eigenvalue weighted by atomic mass is 9.95. The first-order valence-corrected chi connectivity index (χ1v) is 13.6. The largest absolute Gasteiger partial charge is 0.365 e. The number of fused-ring (bicyclic) bond motifs is 1. The zero-order chi connectivity index (χ0) is 24.9. The minimum Gasteiger partial charge on any atom is -0.365 e. The highest BCUT2D eigenvalue weighted by atomic mass is 32.2. The molecule has 1 aliphatic carbocycles. The van der Waals surface area contributed by atoms with E-state index in [2.05, 4.69) is 5.32 Å². The average Bonchev–Trinajstić information content (AvgIpc) is 3.31. The van der Waals surface area contributed by atoms with Crippen molar-refractivity contribution in [2.75, 3.05) is 11.9 Å². The summed E-state index contributed by atoms with van der Waals surface area (Å²) >= 11 is 8.14. The Morgan fingerprint density at radius 3 is 2.69 bits per heavy atom. The highest BCUT2D eigenvalue weighted by Gasteiger charge is 2.31. The molecule has 182 valence electrons. The lowest BCUT2D eigenvalue weighted by Crippen LogP contribution is -2.29. The first-order chi connectivity index (χ1) is 16.8. The number of rotatable bonds is 8. The number of carbonyl (C=O) groups excluding carboxylic acids is 3. The van der Waals surface area contributed by atoms with Crippen molar-refractivity contribution in [1.29, 1.82) is 0 Å². The maximum absolute atomic E-state index is 12.9. The van der Waals surface area contributed by atoms with Gasteiger partial charge in [-0.05, 0) is 61.8 Å². The van der Waals surface area contributed by atoms with Crippen LogP contribution in [0.1, 0.15) is 59.0 Å². The van der Waals surface area contributed by atoms with Gasteiger partial charge in [-0.25, -0.2) is 0 Å². The summed E-state index contributed by atoms with van der Waals surface area (Å²) in [5, 5.41) is 3.42. The van der Waals surface area contributed by atoms with E-state index in [0.717, 1.165) is 47.3 Å². The number of nitrogens with zero attached hydrogens (tertiary/aromatic N) is 1. The number of thiocarbonyl (C=S) groups is 1. The fraction of sp³-hybridized carbons (Fsp3) is 0.308. The topological polar surface area (TPSA) is 92.5 Å². The van der Waals surface area contributed by atoms with E-state index in [1.165, 1.54) is 23.1 Å². The van der Waals surface area contributed by atoms with Crippen LogP contribution in [0.3, 0.4) is 0 Å². The Morgan fingerprint density at radius 2 is 1.94 bits per heavy atom. The molecule has 3 N–H and O–H groups in total. The molecule has 0 bridgehead atoms. The van der Waals surface area contributed by atoms with E-state index >= 15 is 0 Å². The first-order valence-electron chi connectivity index (χ1n) is 11.6. The number of hydrogen-bond donors (Lipinski definition) is 2. The van der Waals surface area contributed by atoms with Gasteiger partial charge in [-0.15, -0.1) is 11.3 Å². The van der Waals surface area contributed by atoms with Gasteiger partial charge in [0.25, 0.3) is 11.8 Å². The minimum absolute atomic E-state index is 0.136. The van der Waals surface area contributed by atoms with Crippen LogP contribution in [0.15, 0.2) is 46.9 Å². The lowest BCUT2D eigenvalue weighted by Gasteiger charge is -2.14. The number of aryl methyl sites for hydroxylation is 1. The molecule has 0 unspecified atom stereocenters. The van der Waals surface area contributed by atoms with Crippen LogP contribution >= 0.6 is 35.3 Å². The number of benzene rings is 1. The van der Waals surface area contributed by atoms with Gasteiger partial charge in [0.2, 0.25) is 5.91 Å². The van der Waals surface area contributed by atoms with Crippen LogP contribution in [-0.4, -0.2) is 33.5 Å². The van der Waals surface area contributed by atoms with Gasteiger partial charge in [0.1, 0.15) is 9.32 Å². The van der Waals surface area contributed by atoms with Gasteiger partial charge in [-0.3, -0.25) is 19.3 Å². The second-order valence-electron chi connectivity index (χ2n) is 8.56. The molecule has 3 amide bonds. The summed E-state index contributed by atoms with van der Waals surface area (Å²) in [5.74, 6) is -0.836. The molecule has 1 aliphatic heterocycles. The smallest absolute Gasteiger partial charge is 0.266 e. The molecule has 4 rings (SSSR count). The normalized spacial score (nSPS) is 17.1. The SMILES string of the molecule is CC(=Cc1ccccc1)C=C1SC(=S)N(CCCC(=O)Nc2sc3c(c2C(N)=O)CCCC3)C1=O. The fourth-order valence-corrected chi connectivity index (χ4v) is 6.92. The molecule has 9 heteroatoms. The molecular formula is C26H27N3O3S3. The molecule has 6 nitrogen and oxygen atoms in total. The van der Waals surface area contributed by atoms with Gasteiger partial charge < -0.3 is 11.1 Å². The maximum Gasteiger partial charge on any atom is 0.266 e. The van der Waals surface area contributed by atoms with Gasteiger partial charge in [0, 0.05) is 17.8 Å². The predicted molar refractivity (Wildman–Crippen MR) is 147 cm³/mol. The Hall–Kier alpha value is -2.75. The number of amides is 3. The maximum atomic E-state index is 12.9. The van der Waals surface area contributed by atoms with E-state index in [1.807, 2.05) is 49.4 Å². The Kier molecular flexibility index (Phi) is 8.20. The molecule has 2 aromatic rings. The molecule has 1 saturated heterocycles. The van der Waals surface area contributed by atoms with Crippen LogP contribution in [0.25, 0.3) is 6.08 Å². The number of allylic oxidation sites excluding steroid dienone is 2. The highest BCUT2D eigenvalue weighted by molar-refractivity contribution is 8.26. The molecule has 0 atom stereocenters. The third-order valence-corrected chi connectivity index (χ3v) is 8.47. The van der Waals surface area contributed by atoms with Crippen molar-refractivity contribution in [3.63, 3.8) is 0 Å². The summed E-state index contributed by atoms with van der Waals surface area (Å²) in [6, 6.07) is 9.91. The van der Waals surface area contributed by atoms with E-state index in [0.29, 0.717) is 32.8 Å². The van der Waals surface area contributed by atoms with Crippen LogP contribution < -0.4 is 11.1 Å². The number of thiophene rings is 1. The number of thioether (sulfide) groups is 1. The second-order valence-corrected chi connectivity index (χ2v) is 11.3. The van der Waals surface area contributed by atoms with Crippen molar-refractivity contribution in [1.82, 2.24) is 4.90 Å². The number of anilines is 1. The predicted octanol–water partition coefficient (Wildman–Crippen LogP) is 5.29. The lowest BCUT2D eigenvalue weighted by molar-refractivity contribution is -0.122. The van der Waals surface area contributed by atoms with Crippen molar-refractivity contribution in [3.8, 4) is 0 Å². The summed E-state index contributed by atoms with van der Waals surface area (Å²) in [7, 11) is 0. The van der Waals surface area contributed by atoms with E-state index in [-0.39, 0.29) is 18.2 Å². The third-order valence-electron chi connectivity index (χ3n) is 5.88. The minimum atomic E-state index is -0.499. The van der Waals surface area contributed by atoms with E-state index < -0.39 is 5.91 Å². The monoisotopic (exact) mass is 525 g/mol. The van der Waals surface area contributed by atoms with Crippen LogP contribution in [0.5, 0.6) is 0 Å². The molecule has 2 aliphatic rings. The summed E-state index contributed by atoms with van der Waals surface area (Å²) in [6.45, 7) is 2.31. The quantitative estimate of drug-likeness (QED) is 0.361. The molecule has 1 fully saturated rings. The standard InChI is InChI=1S/C26H27N3O3S3/c1-16(14-17-8-3-2-4-9-17)15-20-25(32)29(26(33)35-20)13-7-12-21(30)28-24-22(23(27)31)18-10-5-6-11-19(18)34-24/h2-4,8-9,14-15H,5-7,10-13H2,1H3,(H2,27,31)(H,28,30). The van der Waals surface area contributed by atoms with Crippen LogP contribution in [0, 0.1) is 0 Å². The average molecular weight is 526 g/mol. The Labute approximate surface area is 218 Å². The zero-order valence-electron chi connectivity index (χ0n) is 19.5. The number of primary amides is 1. The Balaban J connectivity index is 1.33. The molecular weight excluding hydrogens is 499 g/mol. The fourth-order valence-electron chi connectivity index (χ4n) is 4.25. The van der Waals surface area contributed by atoms with Gasteiger partial charge in [0.15, 0.2) is 0 Å².